The van der Waals surface area contributed by atoms with Crippen molar-refractivity contribution in [2.75, 3.05) is 13.2 Å². The predicted octanol–water partition coefficient (Wildman–Crippen LogP) is 0.871. The van der Waals surface area contributed by atoms with E-state index in [1.165, 1.54) is 0 Å². The van der Waals surface area contributed by atoms with Crippen LogP contribution in [0.4, 0.5) is 0 Å². The topological polar surface area (TPSA) is 30.5 Å². The van der Waals surface area contributed by atoms with Crippen molar-refractivity contribution < 1.29 is 9.57 Å². The largest absolute Gasteiger partial charge is 0.380 e. The fourth-order valence-electron chi connectivity index (χ4n) is 0.879. The van der Waals surface area contributed by atoms with Gasteiger partial charge in [-0.3, -0.25) is 4.84 Å². The first-order valence-electron chi connectivity index (χ1n) is 3.94. The highest BCUT2D eigenvalue weighted by molar-refractivity contribution is 4.75. The van der Waals surface area contributed by atoms with Crippen LogP contribution in [0.2, 0.25) is 0 Å². The van der Waals surface area contributed by atoms with E-state index in [1.54, 1.807) is 6.08 Å². The van der Waals surface area contributed by atoms with Crippen LogP contribution in [0.25, 0.3) is 0 Å². The maximum Gasteiger partial charge on any atom is 0.0940 e. The van der Waals surface area contributed by atoms with Crippen LogP contribution in [-0.4, -0.2) is 25.4 Å². The summed E-state index contributed by atoms with van der Waals surface area (Å²) in [5.41, 5.74) is 2.94. The summed E-state index contributed by atoms with van der Waals surface area (Å²) in [5.74, 6) is 0. The van der Waals surface area contributed by atoms with Gasteiger partial charge in [0.15, 0.2) is 0 Å². The third-order valence-corrected chi connectivity index (χ3v) is 1.68. The Labute approximate surface area is 67.3 Å². The van der Waals surface area contributed by atoms with Crippen LogP contribution < -0.4 is 5.48 Å². The van der Waals surface area contributed by atoms with Gasteiger partial charge in [-0.15, -0.1) is 6.58 Å². The molecule has 11 heavy (non-hydrogen) atoms. The zero-order chi connectivity index (χ0) is 8.10. The predicted molar refractivity (Wildman–Crippen MR) is 43.1 cm³/mol. The number of hydrogen-bond donors (Lipinski definition) is 1. The number of ether oxygens (including phenoxy) is 1. The number of nitrogens with one attached hydrogen (secondary N) is 1. The fourth-order valence-corrected chi connectivity index (χ4v) is 0.879. The lowest BCUT2D eigenvalue weighted by Crippen LogP contribution is -2.31. The summed E-state index contributed by atoms with van der Waals surface area (Å²) in [5, 5.41) is 0. The minimum absolute atomic E-state index is 0.0654. The molecule has 1 aliphatic rings. The molecule has 0 aromatic carbocycles. The van der Waals surface area contributed by atoms with Gasteiger partial charge in [0.2, 0.25) is 0 Å². The Bertz CT molecular complexity index is 121. The van der Waals surface area contributed by atoms with Crippen molar-refractivity contribution in [2.24, 2.45) is 0 Å². The average Bonchev–Trinajstić information content (AvgIpc) is 2.52. The monoisotopic (exact) mass is 157 g/mol. The second-order valence-corrected chi connectivity index (χ2v) is 2.74. The molecule has 1 saturated heterocycles. The van der Waals surface area contributed by atoms with E-state index >= 15 is 0 Å². The van der Waals surface area contributed by atoms with Gasteiger partial charge in [0, 0.05) is 6.61 Å². The lowest BCUT2D eigenvalue weighted by molar-refractivity contribution is -0.0138. The van der Waals surface area contributed by atoms with Crippen molar-refractivity contribution in [2.45, 2.75) is 25.5 Å². The quantitative estimate of drug-likeness (QED) is 0.485. The Morgan fingerprint density at radius 1 is 1.82 bits per heavy atom. The fraction of sp³-hybridized carbons (Fsp3) is 0.750. The SMILES string of the molecule is C=CC(C)ONC1CCOC1. The van der Waals surface area contributed by atoms with Crippen LogP contribution in [0.1, 0.15) is 13.3 Å². The third kappa shape index (κ3) is 3.01. The van der Waals surface area contributed by atoms with Crippen LogP contribution in [0.15, 0.2) is 12.7 Å². The minimum Gasteiger partial charge on any atom is -0.380 e. The molecular weight excluding hydrogens is 142 g/mol. The van der Waals surface area contributed by atoms with Gasteiger partial charge in [0.1, 0.15) is 0 Å². The standard InChI is InChI=1S/C8H15NO2/c1-3-7(2)11-9-8-4-5-10-6-8/h3,7-9H,1,4-6H2,2H3. The van der Waals surface area contributed by atoms with Crippen molar-refractivity contribution in [3.8, 4) is 0 Å². The molecule has 1 fully saturated rings. The van der Waals surface area contributed by atoms with Crippen molar-refractivity contribution >= 4 is 0 Å². The lowest BCUT2D eigenvalue weighted by Gasteiger charge is -2.13. The lowest BCUT2D eigenvalue weighted by atomic mass is 10.3. The summed E-state index contributed by atoms with van der Waals surface area (Å²) in [6, 6.07) is 0.359. The maximum absolute atomic E-state index is 5.23. The normalized spacial score (nSPS) is 26.8. The van der Waals surface area contributed by atoms with Crippen molar-refractivity contribution in [3.05, 3.63) is 12.7 Å². The van der Waals surface area contributed by atoms with E-state index < -0.39 is 0 Å². The van der Waals surface area contributed by atoms with E-state index in [1.807, 2.05) is 6.92 Å². The molecule has 0 spiro atoms. The highest BCUT2D eigenvalue weighted by Gasteiger charge is 2.15. The molecule has 64 valence electrons. The van der Waals surface area contributed by atoms with Gasteiger partial charge in [0.05, 0.1) is 18.8 Å². The number of hydroxylamine groups is 1. The highest BCUT2D eigenvalue weighted by Crippen LogP contribution is 2.03. The number of rotatable bonds is 4. The molecule has 1 heterocycles. The van der Waals surface area contributed by atoms with Crippen molar-refractivity contribution in [1.82, 2.24) is 5.48 Å². The summed E-state index contributed by atoms with van der Waals surface area (Å²) in [6.07, 6.45) is 2.85. The van der Waals surface area contributed by atoms with Crippen molar-refractivity contribution in [1.29, 1.82) is 0 Å². The summed E-state index contributed by atoms with van der Waals surface area (Å²) < 4.78 is 5.15. The zero-order valence-electron chi connectivity index (χ0n) is 6.88. The Morgan fingerprint density at radius 3 is 3.18 bits per heavy atom. The van der Waals surface area contributed by atoms with Crippen LogP contribution in [0.5, 0.6) is 0 Å². The van der Waals surface area contributed by atoms with Crippen LogP contribution in [0, 0.1) is 0 Å². The Kier molecular flexibility index (Phi) is 3.56. The van der Waals surface area contributed by atoms with Gasteiger partial charge in [-0.25, -0.2) is 0 Å². The first-order valence-corrected chi connectivity index (χ1v) is 3.94. The molecule has 1 N–H and O–H groups in total. The van der Waals surface area contributed by atoms with E-state index in [4.69, 9.17) is 9.57 Å². The highest BCUT2D eigenvalue weighted by atomic mass is 16.7. The number of hydrogen-bond acceptors (Lipinski definition) is 3. The van der Waals surface area contributed by atoms with E-state index in [9.17, 15) is 0 Å². The zero-order valence-corrected chi connectivity index (χ0v) is 6.88. The molecule has 0 aromatic rings. The van der Waals surface area contributed by atoms with E-state index in [2.05, 4.69) is 12.1 Å². The van der Waals surface area contributed by atoms with Crippen LogP contribution in [0.3, 0.4) is 0 Å². The minimum atomic E-state index is 0.0654. The molecule has 1 rings (SSSR count). The summed E-state index contributed by atoms with van der Waals surface area (Å²) in [6.45, 7) is 7.14. The summed E-state index contributed by atoms with van der Waals surface area (Å²) in [7, 11) is 0. The average molecular weight is 157 g/mol. The molecular formula is C8H15NO2. The van der Waals surface area contributed by atoms with Crippen molar-refractivity contribution in [3.63, 3.8) is 0 Å². The molecule has 0 bridgehead atoms. The maximum atomic E-state index is 5.23. The van der Waals surface area contributed by atoms with Gasteiger partial charge < -0.3 is 4.74 Å². The third-order valence-electron chi connectivity index (χ3n) is 1.68. The second-order valence-electron chi connectivity index (χ2n) is 2.74. The van der Waals surface area contributed by atoms with E-state index in [0.29, 0.717) is 6.04 Å². The molecule has 0 radical (unpaired) electrons. The second kappa shape index (κ2) is 4.49. The molecule has 3 nitrogen and oxygen atoms in total. The smallest absolute Gasteiger partial charge is 0.0940 e. The molecule has 2 unspecified atom stereocenters. The molecule has 0 aromatic heterocycles. The van der Waals surface area contributed by atoms with Gasteiger partial charge in [-0.2, -0.15) is 5.48 Å². The van der Waals surface area contributed by atoms with Gasteiger partial charge in [-0.1, -0.05) is 6.08 Å². The molecule has 0 aliphatic carbocycles. The van der Waals surface area contributed by atoms with Crippen LogP contribution >= 0.6 is 0 Å². The first kappa shape index (κ1) is 8.71. The van der Waals surface area contributed by atoms with Gasteiger partial charge in [0.25, 0.3) is 0 Å². The Hall–Kier alpha value is -0.380. The Balaban J connectivity index is 2.06. The molecule has 0 amide bonds. The van der Waals surface area contributed by atoms with Crippen LogP contribution in [-0.2, 0) is 9.57 Å². The molecule has 3 heteroatoms. The molecule has 2 atom stereocenters. The van der Waals surface area contributed by atoms with Gasteiger partial charge >= 0.3 is 0 Å². The van der Waals surface area contributed by atoms with E-state index in [-0.39, 0.29) is 6.10 Å². The summed E-state index contributed by atoms with van der Waals surface area (Å²) in [4.78, 5) is 5.23. The van der Waals surface area contributed by atoms with Gasteiger partial charge in [-0.05, 0) is 13.3 Å². The molecule has 1 aliphatic heterocycles. The summed E-state index contributed by atoms with van der Waals surface area (Å²) >= 11 is 0. The Morgan fingerprint density at radius 2 is 2.64 bits per heavy atom. The van der Waals surface area contributed by atoms with E-state index in [0.717, 1.165) is 19.6 Å². The first-order chi connectivity index (χ1) is 5.33. The molecule has 0 saturated carbocycles.